The summed E-state index contributed by atoms with van der Waals surface area (Å²) in [5, 5.41) is 2.08. The van der Waals surface area contributed by atoms with Gasteiger partial charge in [0.05, 0.1) is 25.4 Å². The molecule has 0 spiro atoms. The average Bonchev–Trinajstić information content (AvgIpc) is 3.03. The Morgan fingerprint density at radius 1 is 0.674 bits per heavy atom. The number of carbonyl (C=O) groups is 1. The van der Waals surface area contributed by atoms with E-state index < -0.39 is 0 Å². The summed E-state index contributed by atoms with van der Waals surface area (Å²) in [7, 11) is 0. The number of ether oxygens (including phenoxy) is 3. The molecule has 0 radical (unpaired) electrons. The minimum atomic E-state index is -0.381. The van der Waals surface area contributed by atoms with Crippen molar-refractivity contribution in [2.75, 3.05) is 26.4 Å². The first-order valence-electron chi connectivity index (χ1n) is 15.1. The molecule has 5 heteroatoms. The number of halogens is 1. The zero-order valence-corrected chi connectivity index (χ0v) is 24.9. The van der Waals surface area contributed by atoms with Gasteiger partial charge in [0.25, 0.3) is 0 Å². The maximum Gasteiger partial charge on any atom is 0.338 e. The van der Waals surface area contributed by atoms with Crippen LogP contribution in [0.2, 0.25) is 0 Å². The highest BCUT2D eigenvalue weighted by atomic mass is 19.1. The molecule has 0 aromatic heterocycles. The van der Waals surface area contributed by atoms with Crippen molar-refractivity contribution in [1.82, 2.24) is 0 Å². The molecule has 0 bridgehead atoms. The highest BCUT2D eigenvalue weighted by Crippen LogP contribution is 2.31. The molecule has 0 aliphatic heterocycles. The lowest BCUT2D eigenvalue weighted by Gasteiger charge is -2.10. The minimum Gasteiger partial charge on any atom is -0.494 e. The van der Waals surface area contributed by atoms with Crippen molar-refractivity contribution in [3.05, 3.63) is 116 Å². The van der Waals surface area contributed by atoms with Gasteiger partial charge in [0.15, 0.2) is 0 Å². The first kappa shape index (κ1) is 31.7. The van der Waals surface area contributed by atoms with E-state index in [4.69, 9.17) is 14.2 Å². The van der Waals surface area contributed by atoms with Gasteiger partial charge < -0.3 is 14.2 Å². The smallest absolute Gasteiger partial charge is 0.338 e. The second kappa shape index (κ2) is 17.0. The van der Waals surface area contributed by atoms with E-state index in [1.54, 1.807) is 42.5 Å². The highest BCUT2D eigenvalue weighted by molar-refractivity contribution is 5.90. The first-order chi connectivity index (χ1) is 21.1. The summed E-state index contributed by atoms with van der Waals surface area (Å²) in [5.74, 6) is 0.172. The summed E-state index contributed by atoms with van der Waals surface area (Å²) in [6.45, 7) is 9.72. The van der Waals surface area contributed by atoms with Crippen LogP contribution in [0.15, 0.2) is 104 Å². The lowest BCUT2D eigenvalue weighted by atomic mass is 9.97. The molecule has 224 valence electrons. The van der Waals surface area contributed by atoms with Gasteiger partial charge in [-0.2, -0.15) is 0 Å². The number of rotatable bonds is 18. The molecule has 0 aliphatic rings. The molecule has 0 saturated heterocycles. The summed E-state index contributed by atoms with van der Waals surface area (Å²) in [6, 6.07) is 24.2. The summed E-state index contributed by atoms with van der Waals surface area (Å²) >= 11 is 0. The fourth-order valence-electron chi connectivity index (χ4n) is 4.90. The van der Waals surface area contributed by atoms with E-state index in [0.717, 1.165) is 59.1 Å². The van der Waals surface area contributed by atoms with E-state index in [1.165, 1.54) is 25.3 Å². The first-order valence-corrected chi connectivity index (χ1v) is 15.1. The topological polar surface area (TPSA) is 44.8 Å². The van der Waals surface area contributed by atoms with E-state index in [-0.39, 0.29) is 11.8 Å². The fourth-order valence-corrected chi connectivity index (χ4v) is 4.90. The molecule has 0 fully saturated rings. The second-order valence-electron chi connectivity index (χ2n) is 10.5. The van der Waals surface area contributed by atoms with Crippen LogP contribution in [0.5, 0.6) is 5.75 Å². The Labute approximate surface area is 254 Å². The largest absolute Gasteiger partial charge is 0.494 e. The van der Waals surface area contributed by atoms with Crippen molar-refractivity contribution in [3.63, 3.8) is 0 Å². The number of carbonyl (C=O) groups excluding carboxylic acids is 1. The Morgan fingerprint density at radius 2 is 1.35 bits per heavy atom. The highest BCUT2D eigenvalue weighted by Gasteiger charge is 2.11. The van der Waals surface area contributed by atoms with Crippen LogP contribution in [-0.2, 0) is 9.47 Å². The predicted octanol–water partition coefficient (Wildman–Crippen LogP) is 9.97. The molecule has 0 amide bonds. The van der Waals surface area contributed by atoms with E-state index in [1.807, 2.05) is 42.5 Å². The summed E-state index contributed by atoms with van der Waals surface area (Å²) < 4.78 is 31.9. The molecule has 4 aromatic rings. The number of fused-ring (bicyclic) bond motifs is 1. The molecule has 0 heterocycles. The van der Waals surface area contributed by atoms with Crippen molar-refractivity contribution >= 4 is 16.7 Å². The van der Waals surface area contributed by atoms with Crippen molar-refractivity contribution in [2.24, 2.45) is 0 Å². The van der Waals surface area contributed by atoms with Crippen LogP contribution in [0.1, 0.15) is 55.3 Å². The Balaban J connectivity index is 1.29. The van der Waals surface area contributed by atoms with Gasteiger partial charge in [0, 0.05) is 12.2 Å². The molecule has 43 heavy (non-hydrogen) atoms. The molecule has 4 nitrogen and oxygen atoms in total. The SMILES string of the molecule is C=CCCOC(=O)c1ccc(-c2ccc(-c3ccc4cc(OCCCCCCCCOCC=C)ccc4c3)c(F)c2)cc1. The zero-order valence-electron chi connectivity index (χ0n) is 24.9. The standard InChI is InChI=1S/C38H41FO4/c1-3-5-24-43-38(40)30-14-12-29(13-15-30)33-19-21-36(37(39)28-33)34-17-16-32-27-35(20-18-31(32)26-34)42-25-11-9-7-6-8-10-23-41-22-4-2/h3-4,12-21,26-28H,1-2,5-11,22-25H2. The van der Waals surface area contributed by atoms with Crippen LogP contribution >= 0.6 is 0 Å². The molecule has 0 atom stereocenters. The van der Waals surface area contributed by atoms with Gasteiger partial charge in [-0.3, -0.25) is 0 Å². The summed E-state index contributed by atoms with van der Waals surface area (Å²) in [4.78, 5) is 12.1. The normalized spacial score (nSPS) is 10.9. The third kappa shape index (κ3) is 9.65. The van der Waals surface area contributed by atoms with Gasteiger partial charge in [-0.05, 0) is 83.1 Å². The van der Waals surface area contributed by atoms with Crippen LogP contribution < -0.4 is 4.74 Å². The number of esters is 1. The lowest BCUT2D eigenvalue weighted by molar-refractivity contribution is 0.0512. The Bertz CT molecular complexity index is 1490. The van der Waals surface area contributed by atoms with E-state index >= 15 is 4.39 Å². The van der Waals surface area contributed by atoms with Crippen molar-refractivity contribution in [1.29, 1.82) is 0 Å². The van der Waals surface area contributed by atoms with Crippen LogP contribution in [0.25, 0.3) is 33.0 Å². The van der Waals surface area contributed by atoms with Crippen molar-refractivity contribution < 1.29 is 23.4 Å². The third-order valence-corrected chi connectivity index (χ3v) is 7.29. The Morgan fingerprint density at radius 3 is 2.09 bits per heavy atom. The number of hydrogen-bond acceptors (Lipinski definition) is 4. The van der Waals surface area contributed by atoms with Crippen molar-refractivity contribution in [3.8, 4) is 28.0 Å². The molecular weight excluding hydrogens is 539 g/mol. The van der Waals surface area contributed by atoms with E-state index in [2.05, 4.69) is 13.2 Å². The molecule has 4 rings (SSSR count). The molecule has 0 unspecified atom stereocenters. The zero-order chi connectivity index (χ0) is 30.3. The molecule has 4 aromatic carbocycles. The maximum atomic E-state index is 15.3. The van der Waals surface area contributed by atoms with Gasteiger partial charge in [0.1, 0.15) is 11.6 Å². The van der Waals surface area contributed by atoms with Gasteiger partial charge in [-0.25, -0.2) is 9.18 Å². The minimum absolute atomic E-state index is 0.300. The van der Waals surface area contributed by atoms with Crippen LogP contribution in [0.3, 0.4) is 0 Å². The Kier molecular flexibility index (Phi) is 12.6. The third-order valence-electron chi connectivity index (χ3n) is 7.29. The second-order valence-corrected chi connectivity index (χ2v) is 10.5. The number of hydrogen-bond donors (Lipinski definition) is 0. The number of unbranched alkanes of at least 4 members (excludes halogenated alkanes) is 5. The summed E-state index contributed by atoms with van der Waals surface area (Å²) in [5.41, 5.74) is 3.38. The van der Waals surface area contributed by atoms with E-state index in [9.17, 15) is 4.79 Å². The van der Waals surface area contributed by atoms with Crippen LogP contribution in [0, 0.1) is 5.82 Å². The van der Waals surface area contributed by atoms with Gasteiger partial charge in [0.2, 0.25) is 0 Å². The summed E-state index contributed by atoms with van der Waals surface area (Å²) in [6.07, 6.45) is 11.0. The van der Waals surface area contributed by atoms with Crippen molar-refractivity contribution in [2.45, 2.75) is 44.9 Å². The van der Waals surface area contributed by atoms with Gasteiger partial charge in [-0.15, -0.1) is 13.2 Å². The number of benzene rings is 4. The van der Waals surface area contributed by atoms with Crippen LogP contribution in [-0.4, -0.2) is 32.4 Å². The molecule has 0 aliphatic carbocycles. The predicted molar refractivity (Wildman–Crippen MR) is 174 cm³/mol. The maximum absolute atomic E-state index is 15.3. The average molecular weight is 581 g/mol. The van der Waals surface area contributed by atoms with Gasteiger partial charge >= 0.3 is 5.97 Å². The van der Waals surface area contributed by atoms with Crippen LogP contribution in [0.4, 0.5) is 4.39 Å². The quantitative estimate of drug-likeness (QED) is 0.0667. The monoisotopic (exact) mass is 580 g/mol. The van der Waals surface area contributed by atoms with Gasteiger partial charge in [-0.1, -0.05) is 80.3 Å². The van der Waals surface area contributed by atoms with E-state index in [0.29, 0.717) is 37.4 Å². The Hall–Kier alpha value is -4.22. The lowest BCUT2D eigenvalue weighted by Crippen LogP contribution is -2.05. The molecule has 0 N–H and O–H groups in total. The molecular formula is C38H41FO4. The fraction of sp³-hybridized carbons (Fsp3) is 0.289. The molecule has 0 saturated carbocycles.